The van der Waals surface area contributed by atoms with Crippen LogP contribution in [0.3, 0.4) is 0 Å². The van der Waals surface area contributed by atoms with Gasteiger partial charge in [-0.2, -0.15) is 0 Å². The van der Waals surface area contributed by atoms with Crippen molar-refractivity contribution in [3.8, 4) is 0 Å². The molecule has 0 atom stereocenters. The molecule has 2 aromatic rings. The molecule has 2 aromatic heterocycles. The summed E-state index contributed by atoms with van der Waals surface area (Å²) in [6.45, 7) is 6.20. The van der Waals surface area contributed by atoms with Gasteiger partial charge in [0, 0.05) is 16.6 Å². The highest BCUT2D eigenvalue weighted by Crippen LogP contribution is 2.22. The highest BCUT2D eigenvalue weighted by Gasteiger charge is 2.12. The molecular formula is C15H18ClN3OS. The third kappa shape index (κ3) is 4.25. The Morgan fingerprint density at radius 1 is 1.38 bits per heavy atom. The minimum atomic E-state index is -0.207. The first-order chi connectivity index (χ1) is 9.99. The number of aryl methyl sites for hydroxylation is 1. The fourth-order valence-electron chi connectivity index (χ4n) is 1.84. The van der Waals surface area contributed by atoms with E-state index in [1.54, 1.807) is 12.1 Å². The van der Waals surface area contributed by atoms with Crippen LogP contribution in [0.15, 0.2) is 17.5 Å². The van der Waals surface area contributed by atoms with Crippen molar-refractivity contribution in [2.75, 3.05) is 5.32 Å². The summed E-state index contributed by atoms with van der Waals surface area (Å²) in [7, 11) is 0. The van der Waals surface area contributed by atoms with Crippen molar-refractivity contribution in [3.05, 3.63) is 39.6 Å². The number of rotatable bonds is 5. The molecule has 0 radical (unpaired) electrons. The number of halogens is 1. The van der Waals surface area contributed by atoms with Crippen molar-refractivity contribution in [3.63, 3.8) is 0 Å². The average molecular weight is 324 g/mol. The number of carbonyl (C=O) groups is 1. The van der Waals surface area contributed by atoms with Crippen molar-refractivity contribution in [1.29, 1.82) is 0 Å². The Bertz CT molecular complexity index is 640. The van der Waals surface area contributed by atoms with E-state index in [0.29, 0.717) is 21.8 Å². The Kier molecular flexibility index (Phi) is 5.31. The maximum absolute atomic E-state index is 12.3. The Labute approximate surface area is 133 Å². The van der Waals surface area contributed by atoms with Gasteiger partial charge in [0.25, 0.3) is 5.91 Å². The molecule has 0 bridgehead atoms. The van der Waals surface area contributed by atoms with Gasteiger partial charge in [0.15, 0.2) is 5.13 Å². The number of nitrogens with one attached hydrogen (secondary N) is 1. The summed E-state index contributed by atoms with van der Waals surface area (Å²) in [5.41, 5.74) is 2.33. The number of aromatic nitrogens is 2. The Balaban J connectivity index is 2.15. The number of hydrogen-bond donors (Lipinski definition) is 1. The van der Waals surface area contributed by atoms with E-state index in [1.165, 1.54) is 11.3 Å². The summed E-state index contributed by atoms with van der Waals surface area (Å²) >= 11 is 7.40. The van der Waals surface area contributed by atoms with E-state index in [0.717, 1.165) is 24.2 Å². The Hall–Kier alpha value is -1.46. The van der Waals surface area contributed by atoms with Gasteiger partial charge in [-0.3, -0.25) is 10.1 Å². The van der Waals surface area contributed by atoms with Crippen molar-refractivity contribution >= 4 is 34.0 Å². The van der Waals surface area contributed by atoms with E-state index in [-0.39, 0.29) is 5.91 Å². The average Bonchev–Trinajstić information content (AvgIpc) is 2.87. The molecule has 112 valence electrons. The molecular weight excluding hydrogens is 306 g/mol. The zero-order valence-electron chi connectivity index (χ0n) is 12.3. The second-order valence-electron chi connectivity index (χ2n) is 5.11. The van der Waals surface area contributed by atoms with E-state index in [2.05, 4.69) is 36.1 Å². The number of hydrogen-bond acceptors (Lipinski definition) is 4. The van der Waals surface area contributed by atoms with Crippen LogP contribution in [0, 0.1) is 0 Å². The molecule has 1 N–H and O–H groups in total. The van der Waals surface area contributed by atoms with Gasteiger partial charge in [0.2, 0.25) is 0 Å². The molecule has 0 saturated carbocycles. The molecule has 0 saturated heterocycles. The van der Waals surface area contributed by atoms with E-state index < -0.39 is 0 Å². The quantitative estimate of drug-likeness (QED) is 0.823. The van der Waals surface area contributed by atoms with Gasteiger partial charge in [-0.15, -0.1) is 11.3 Å². The lowest BCUT2D eigenvalue weighted by atomic mass is 10.1. The zero-order valence-corrected chi connectivity index (χ0v) is 13.9. The topological polar surface area (TPSA) is 54.9 Å². The number of anilines is 1. The van der Waals surface area contributed by atoms with Crippen LogP contribution in [-0.4, -0.2) is 15.9 Å². The molecule has 2 rings (SSSR count). The van der Waals surface area contributed by atoms with Gasteiger partial charge in [-0.25, -0.2) is 9.97 Å². The molecule has 0 aliphatic rings. The van der Waals surface area contributed by atoms with E-state index in [4.69, 9.17) is 11.6 Å². The van der Waals surface area contributed by atoms with Crippen LogP contribution in [0.25, 0.3) is 0 Å². The molecule has 21 heavy (non-hydrogen) atoms. The Morgan fingerprint density at radius 2 is 2.14 bits per heavy atom. The van der Waals surface area contributed by atoms with E-state index >= 15 is 0 Å². The van der Waals surface area contributed by atoms with Gasteiger partial charge < -0.3 is 0 Å². The predicted molar refractivity (Wildman–Crippen MR) is 87.4 cm³/mol. The highest BCUT2D eigenvalue weighted by molar-refractivity contribution is 7.14. The molecule has 1 amide bonds. The third-order valence-electron chi connectivity index (χ3n) is 2.95. The lowest BCUT2D eigenvalue weighted by Gasteiger charge is -2.05. The lowest BCUT2D eigenvalue weighted by Crippen LogP contribution is -2.12. The number of pyridine rings is 1. The fraction of sp³-hybridized carbons (Fsp3) is 0.400. The van der Waals surface area contributed by atoms with E-state index in [9.17, 15) is 4.79 Å². The number of amides is 1. The summed E-state index contributed by atoms with van der Waals surface area (Å²) in [6, 6.07) is 3.36. The number of nitrogens with zero attached hydrogens (tertiary/aromatic N) is 2. The molecule has 0 fully saturated rings. The lowest BCUT2D eigenvalue weighted by molar-refractivity contribution is 0.102. The minimum Gasteiger partial charge on any atom is -0.298 e. The monoisotopic (exact) mass is 323 g/mol. The SMILES string of the molecule is CCCc1cc(C(=O)Nc2nc(C(C)C)cs2)cc(Cl)n1. The standard InChI is InChI=1S/C15H18ClN3OS/c1-4-5-11-6-10(7-13(16)17-11)14(20)19-15-18-12(8-21-15)9(2)3/h6-9H,4-5H2,1-3H3,(H,18,19,20). The van der Waals surface area contributed by atoms with Crippen LogP contribution >= 0.6 is 22.9 Å². The molecule has 0 aromatic carbocycles. The summed E-state index contributed by atoms with van der Waals surface area (Å²) in [5.74, 6) is 0.139. The van der Waals surface area contributed by atoms with E-state index in [1.807, 2.05) is 5.38 Å². The first-order valence-electron chi connectivity index (χ1n) is 6.92. The maximum Gasteiger partial charge on any atom is 0.257 e. The van der Waals surface area contributed by atoms with Crippen LogP contribution in [0.1, 0.15) is 54.9 Å². The maximum atomic E-state index is 12.3. The summed E-state index contributed by atoms with van der Waals surface area (Å²) in [4.78, 5) is 20.9. The van der Waals surface area contributed by atoms with Crippen molar-refractivity contribution in [1.82, 2.24) is 9.97 Å². The molecule has 0 aliphatic carbocycles. The first-order valence-corrected chi connectivity index (χ1v) is 8.18. The second-order valence-corrected chi connectivity index (χ2v) is 6.35. The second kappa shape index (κ2) is 7.00. The number of thiazole rings is 1. The van der Waals surface area contributed by atoms with Crippen molar-refractivity contribution < 1.29 is 4.79 Å². The van der Waals surface area contributed by atoms with Crippen molar-refractivity contribution in [2.45, 2.75) is 39.5 Å². The van der Waals surface area contributed by atoms with Crippen LogP contribution in [0.4, 0.5) is 5.13 Å². The summed E-state index contributed by atoms with van der Waals surface area (Å²) in [5, 5.41) is 5.72. The van der Waals surface area contributed by atoms with Crippen LogP contribution in [0.2, 0.25) is 5.15 Å². The highest BCUT2D eigenvalue weighted by atomic mass is 35.5. The first kappa shape index (κ1) is 15.9. The summed E-state index contributed by atoms with van der Waals surface area (Å²) in [6.07, 6.45) is 1.76. The van der Waals surface area contributed by atoms with Crippen LogP contribution in [-0.2, 0) is 6.42 Å². The fourth-order valence-corrected chi connectivity index (χ4v) is 2.94. The molecule has 2 heterocycles. The normalized spacial score (nSPS) is 10.9. The van der Waals surface area contributed by atoms with Gasteiger partial charge in [0.1, 0.15) is 5.15 Å². The van der Waals surface area contributed by atoms with Gasteiger partial charge in [-0.05, 0) is 24.5 Å². The minimum absolute atomic E-state index is 0.207. The zero-order chi connectivity index (χ0) is 15.4. The number of carbonyl (C=O) groups excluding carboxylic acids is 1. The van der Waals surface area contributed by atoms with Crippen molar-refractivity contribution in [2.24, 2.45) is 0 Å². The molecule has 0 aliphatic heterocycles. The Morgan fingerprint density at radius 3 is 2.76 bits per heavy atom. The van der Waals surface area contributed by atoms with Gasteiger partial charge >= 0.3 is 0 Å². The molecule has 0 spiro atoms. The predicted octanol–water partition coefficient (Wildman–Crippen LogP) is 4.52. The molecule has 6 heteroatoms. The third-order valence-corrected chi connectivity index (χ3v) is 3.92. The molecule has 4 nitrogen and oxygen atoms in total. The van der Waals surface area contributed by atoms with Crippen LogP contribution in [0.5, 0.6) is 0 Å². The van der Waals surface area contributed by atoms with Gasteiger partial charge in [0.05, 0.1) is 5.69 Å². The smallest absolute Gasteiger partial charge is 0.257 e. The van der Waals surface area contributed by atoms with Crippen LogP contribution < -0.4 is 5.32 Å². The molecule has 0 unspecified atom stereocenters. The van der Waals surface area contributed by atoms with Gasteiger partial charge in [-0.1, -0.05) is 38.8 Å². The largest absolute Gasteiger partial charge is 0.298 e. The summed E-state index contributed by atoms with van der Waals surface area (Å²) < 4.78 is 0.